The molecule has 0 aliphatic heterocycles. The first kappa shape index (κ1) is 25.6. The third kappa shape index (κ3) is 5.91. The second-order valence-corrected chi connectivity index (χ2v) is 10.4. The van der Waals surface area contributed by atoms with Crippen molar-refractivity contribution in [2.24, 2.45) is 5.41 Å². The van der Waals surface area contributed by atoms with Gasteiger partial charge in [-0.15, -0.1) is 0 Å². The fourth-order valence-corrected chi connectivity index (χ4v) is 4.65. The van der Waals surface area contributed by atoms with Gasteiger partial charge >= 0.3 is 12.1 Å². The first-order valence-electron chi connectivity index (χ1n) is 11.3. The van der Waals surface area contributed by atoms with Crippen LogP contribution in [0.4, 0.5) is 4.79 Å². The molecule has 3 rings (SSSR count). The number of alkyl carbamates (subject to hydrolysis) is 1. The summed E-state index contributed by atoms with van der Waals surface area (Å²) in [4.78, 5) is 37.2. The van der Waals surface area contributed by atoms with Crippen LogP contribution in [-0.4, -0.2) is 53.8 Å². The summed E-state index contributed by atoms with van der Waals surface area (Å²) in [6.07, 6.45) is 1.55. The van der Waals surface area contributed by atoms with Gasteiger partial charge in [0.05, 0.1) is 0 Å². The monoisotopic (exact) mass is 484 g/mol. The number of carboxylic acid groups (broad SMARTS) is 1. The summed E-state index contributed by atoms with van der Waals surface area (Å²) in [5.41, 5.74) is 3.78. The highest BCUT2D eigenvalue weighted by Crippen LogP contribution is 2.44. The predicted molar refractivity (Wildman–Crippen MR) is 134 cm³/mol. The van der Waals surface area contributed by atoms with Crippen molar-refractivity contribution in [3.63, 3.8) is 0 Å². The van der Waals surface area contributed by atoms with Crippen LogP contribution in [0.5, 0.6) is 0 Å². The van der Waals surface area contributed by atoms with Gasteiger partial charge in [-0.25, -0.2) is 9.59 Å². The molecule has 0 bridgehead atoms. The molecule has 0 fully saturated rings. The largest absolute Gasteiger partial charge is 0.480 e. The first-order chi connectivity index (χ1) is 16.1. The van der Waals surface area contributed by atoms with Crippen molar-refractivity contribution in [3.05, 3.63) is 59.7 Å². The van der Waals surface area contributed by atoms with Gasteiger partial charge in [-0.05, 0) is 46.1 Å². The second kappa shape index (κ2) is 11.0. The Morgan fingerprint density at radius 2 is 1.56 bits per heavy atom. The third-order valence-electron chi connectivity index (χ3n) is 5.96. The molecular formula is C26H32N2O5S. The van der Waals surface area contributed by atoms with E-state index in [-0.39, 0.29) is 12.5 Å². The van der Waals surface area contributed by atoms with E-state index in [0.717, 1.165) is 22.3 Å². The normalized spacial score (nSPS) is 14.5. The second-order valence-electron chi connectivity index (χ2n) is 9.45. The topological polar surface area (TPSA) is 105 Å². The fourth-order valence-electron chi connectivity index (χ4n) is 4.18. The summed E-state index contributed by atoms with van der Waals surface area (Å²) in [5.74, 6) is -1.13. The molecule has 182 valence electrons. The number of hydrogen-bond donors (Lipinski definition) is 3. The Morgan fingerprint density at radius 3 is 2.06 bits per heavy atom. The van der Waals surface area contributed by atoms with E-state index in [0.29, 0.717) is 12.2 Å². The number of aliphatic carboxylic acids is 1. The molecule has 2 amide bonds. The van der Waals surface area contributed by atoms with Gasteiger partial charge in [0.2, 0.25) is 5.91 Å². The maximum Gasteiger partial charge on any atom is 0.407 e. The molecule has 34 heavy (non-hydrogen) atoms. The summed E-state index contributed by atoms with van der Waals surface area (Å²) in [5, 5.41) is 14.7. The van der Waals surface area contributed by atoms with E-state index in [1.165, 1.54) is 11.8 Å². The van der Waals surface area contributed by atoms with E-state index < -0.39 is 35.5 Å². The Kier molecular flexibility index (Phi) is 8.25. The van der Waals surface area contributed by atoms with E-state index in [1.807, 2.05) is 42.7 Å². The lowest BCUT2D eigenvalue weighted by atomic mass is 9.86. The van der Waals surface area contributed by atoms with E-state index >= 15 is 0 Å². The van der Waals surface area contributed by atoms with Crippen molar-refractivity contribution in [2.75, 3.05) is 18.6 Å². The quantitative estimate of drug-likeness (QED) is 0.491. The van der Waals surface area contributed by atoms with Gasteiger partial charge < -0.3 is 20.5 Å². The lowest BCUT2D eigenvalue weighted by Crippen LogP contribution is -2.55. The maximum atomic E-state index is 12.9. The van der Waals surface area contributed by atoms with E-state index in [2.05, 4.69) is 22.8 Å². The number of carboxylic acids is 1. The molecule has 0 radical (unpaired) electrons. The van der Waals surface area contributed by atoms with Gasteiger partial charge in [0.15, 0.2) is 0 Å². The molecule has 1 aliphatic rings. The van der Waals surface area contributed by atoms with Crippen LogP contribution in [-0.2, 0) is 14.3 Å². The van der Waals surface area contributed by atoms with Crippen LogP contribution in [0.2, 0.25) is 0 Å². The summed E-state index contributed by atoms with van der Waals surface area (Å²) >= 11 is 1.54. The Balaban J connectivity index is 1.67. The summed E-state index contributed by atoms with van der Waals surface area (Å²) < 4.78 is 5.57. The number of fused-ring (bicyclic) bond motifs is 3. The van der Waals surface area contributed by atoms with Gasteiger partial charge in [0, 0.05) is 5.92 Å². The van der Waals surface area contributed by atoms with Crippen LogP contribution in [0.3, 0.4) is 0 Å². The molecule has 0 saturated heterocycles. The molecule has 0 aromatic heterocycles. The molecule has 2 aromatic carbocycles. The van der Waals surface area contributed by atoms with Crippen LogP contribution < -0.4 is 10.6 Å². The Morgan fingerprint density at radius 1 is 1.00 bits per heavy atom. The highest BCUT2D eigenvalue weighted by atomic mass is 32.2. The molecule has 0 spiro atoms. The number of amides is 2. The van der Waals surface area contributed by atoms with Crippen LogP contribution >= 0.6 is 11.8 Å². The predicted octanol–water partition coefficient (Wildman–Crippen LogP) is 4.26. The lowest BCUT2D eigenvalue weighted by molar-refractivity contribution is -0.145. The first-order valence-corrected chi connectivity index (χ1v) is 12.7. The summed E-state index contributed by atoms with van der Waals surface area (Å²) in [6.45, 7) is 5.35. The molecular weight excluding hydrogens is 452 g/mol. The molecule has 3 N–H and O–H groups in total. The standard InChI is InChI=1S/C26H32N2O5S/c1-26(2,3)22(24(30)31)28-23(29)21(13-14-34-4)27-25(32)33-15-20-18-11-7-5-9-16(18)17-10-6-8-12-19(17)20/h5-12,20-22H,13-15H2,1-4H3,(H,27,32)(H,28,29)(H,30,31). The van der Waals surface area contributed by atoms with E-state index in [4.69, 9.17) is 4.74 Å². The van der Waals surface area contributed by atoms with Gasteiger partial charge in [-0.1, -0.05) is 69.3 Å². The number of carbonyl (C=O) groups is 3. The Bertz CT molecular complexity index is 1000. The average Bonchev–Trinajstić information content (AvgIpc) is 3.11. The number of benzene rings is 2. The van der Waals surface area contributed by atoms with Gasteiger partial charge in [-0.3, -0.25) is 4.79 Å². The van der Waals surface area contributed by atoms with Crippen molar-refractivity contribution in [2.45, 2.75) is 45.2 Å². The van der Waals surface area contributed by atoms with Crippen LogP contribution in [0.1, 0.15) is 44.2 Å². The summed E-state index contributed by atoms with van der Waals surface area (Å²) in [6, 6.07) is 14.1. The SMILES string of the molecule is CSCCC(NC(=O)OCC1c2ccccc2-c2ccccc21)C(=O)NC(C(=O)O)C(C)(C)C. The number of carbonyl (C=O) groups excluding carboxylic acids is 2. The van der Waals surface area contributed by atoms with Gasteiger partial charge in [-0.2, -0.15) is 11.8 Å². The minimum Gasteiger partial charge on any atom is -0.480 e. The molecule has 8 heteroatoms. The molecule has 0 heterocycles. The molecule has 2 unspecified atom stereocenters. The van der Waals surface area contributed by atoms with Crippen molar-refractivity contribution >= 4 is 29.7 Å². The number of rotatable bonds is 9. The maximum absolute atomic E-state index is 12.9. The number of nitrogens with one attached hydrogen (secondary N) is 2. The number of ether oxygens (including phenoxy) is 1. The van der Waals surface area contributed by atoms with Crippen molar-refractivity contribution < 1.29 is 24.2 Å². The minimum atomic E-state index is -1.12. The molecule has 0 saturated carbocycles. The zero-order chi connectivity index (χ0) is 24.9. The molecule has 1 aliphatic carbocycles. The van der Waals surface area contributed by atoms with Crippen molar-refractivity contribution in [1.29, 1.82) is 0 Å². The molecule has 2 aromatic rings. The number of hydrogen-bond acceptors (Lipinski definition) is 5. The lowest BCUT2D eigenvalue weighted by Gasteiger charge is -2.29. The summed E-state index contributed by atoms with van der Waals surface area (Å²) in [7, 11) is 0. The molecule has 2 atom stereocenters. The third-order valence-corrected chi connectivity index (χ3v) is 6.61. The van der Waals surface area contributed by atoms with Crippen LogP contribution in [0, 0.1) is 5.41 Å². The zero-order valence-corrected chi connectivity index (χ0v) is 20.8. The van der Waals surface area contributed by atoms with Crippen LogP contribution in [0.25, 0.3) is 11.1 Å². The molecule has 7 nitrogen and oxygen atoms in total. The Hall–Kier alpha value is -3.00. The number of thioether (sulfide) groups is 1. The smallest absolute Gasteiger partial charge is 0.407 e. The zero-order valence-electron chi connectivity index (χ0n) is 20.0. The van der Waals surface area contributed by atoms with Gasteiger partial charge in [0.1, 0.15) is 18.7 Å². The van der Waals surface area contributed by atoms with E-state index in [1.54, 1.807) is 20.8 Å². The van der Waals surface area contributed by atoms with E-state index in [9.17, 15) is 19.5 Å². The minimum absolute atomic E-state index is 0.0890. The van der Waals surface area contributed by atoms with Crippen molar-refractivity contribution in [1.82, 2.24) is 10.6 Å². The fraction of sp³-hybridized carbons (Fsp3) is 0.423. The van der Waals surface area contributed by atoms with Gasteiger partial charge in [0.25, 0.3) is 0 Å². The Labute approximate surface area is 204 Å². The average molecular weight is 485 g/mol. The van der Waals surface area contributed by atoms with Crippen molar-refractivity contribution in [3.8, 4) is 11.1 Å². The van der Waals surface area contributed by atoms with Crippen LogP contribution in [0.15, 0.2) is 48.5 Å². The highest BCUT2D eigenvalue weighted by Gasteiger charge is 2.35. The highest BCUT2D eigenvalue weighted by molar-refractivity contribution is 7.98.